The van der Waals surface area contributed by atoms with E-state index in [1.165, 1.54) is 30.9 Å². The van der Waals surface area contributed by atoms with Crippen molar-refractivity contribution < 1.29 is 27.1 Å². The van der Waals surface area contributed by atoms with Gasteiger partial charge in [0.1, 0.15) is 18.1 Å². The van der Waals surface area contributed by atoms with Gasteiger partial charge in [0, 0.05) is 30.3 Å². The molecule has 40 heavy (non-hydrogen) atoms. The predicted octanol–water partition coefficient (Wildman–Crippen LogP) is 5.19. The Bertz CT molecular complexity index is 1460. The quantitative estimate of drug-likeness (QED) is 0.251. The highest BCUT2D eigenvalue weighted by Gasteiger charge is 2.34. The summed E-state index contributed by atoms with van der Waals surface area (Å²) in [7, 11) is 0. The van der Waals surface area contributed by atoms with Gasteiger partial charge in [-0.1, -0.05) is 0 Å². The van der Waals surface area contributed by atoms with Crippen molar-refractivity contribution in [2.45, 2.75) is 63.5 Å². The van der Waals surface area contributed by atoms with E-state index in [9.17, 15) is 27.1 Å². The lowest BCUT2D eigenvalue weighted by Gasteiger charge is -2.33. The summed E-state index contributed by atoms with van der Waals surface area (Å²) in [4.78, 5) is 12.7. The first-order valence-corrected chi connectivity index (χ1v) is 12.5. The summed E-state index contributed by atoms with van der Waals surface area (Å²) in [5.41, 5.74) is 0.459. The molecular formula is C25H26F5N9O. The van der Waals surface area contributed by atoms with Crippen LogP contribution in [0.4, 0.5) is 39.1 Å². The fourth-order valence-electron chi connectivity index (χ4n) is 4.48. The van der Waals surface area contributed by atoms with E-state index in [-0.39, 0.29) is 39.4 Å². The number of aromatic nitrogens is 7. The van der Waals surface area contributed by atoms with Gasteiger partial charge in [-0.2, -0.15) is 14.9 Å². The van der Waals surface area contributed by atoms with E-state index < -0.39 is 24.9 Å². The van der Waals surface area contributed by atoms with Gasteiger partial charge in [-0.3, -0.25) is 9.67 Å². The van der Waals surface area contributed by atoms with Gasteiger partial charge in [0.2, 0.25) is 0 Å². The number of hydrogen-bond donors (Lipinski definition) is 3. The largest absolute Gasteiger partial charge is 0.504 e. The lowest BCUT2D eigenvalue weighted by Crippen LogP contribution is -2.35. The monoisotopic (exact) mass is 563 g/mol. The second-order valence-electron chi connectivity index (χ2n) is 9.88. The van der Waals surface area contributed by atoms with E-state index in [0.717, 1.165) is 23.7 Å². The summed E-state index contributed by atoms with van der Waals surface area (Å²) in [6.07, 6.45) is 1.74. The maximum atomic E-state index is 13.6. The van der Waals surface area contributed by atoms with E-state index in [0.29, 0.717) is 24.1 Å². The molecule has 0 saturated heterocycles. The Morgan fingerprint density at radius 1 is 1.12 bits per heavy atom. The van der Waals surface area contributed by atoms with E-state index in [2.05, 4.69) is 35.8 Å². The number of aliphatic hydroxyl groups is 1. The van der Waals surface area contributed by atoms with Gasteiger partial charge < -0.3 is 15.7 Å². The Morgan fingerprint density at radius 3 is 2.60 bits per heavy atom. The van der Waals surface area contributed by atoms with Crippen LogP contribution >= 0.6 is 0 Å². The van der Waals surface area contributed by atoms with E-state index in [1.807, 2.05) is 0 Å². The number of alkyl halides is 5. The van der Waals surface area contributed by atoms with Crippen LogP contribution in [0.3, 0.4) is 0 Å². The maximum absolute atomic E-state index is 13.6. The Morgan fingerprint density at radius 2 is 1.88 bits per heavy atom. The summed E-state index contributed by atoms with van der Waals surface area (Å²) >= 11 is 0. The molecule has 0 spiro atoms. The number of nitrogens with one attached hydrogen (secondary N) is 2. The molecule has 4 aromatic heterocycles. The van der Waals surface area contributed by atoms with Gasteiger partial charge in [-0.25, -0.2) is 18.7 Å². The number of halogens is 5. The molecule has 0 radical (unpaired) electrons. The van der Waals surface area contributed by atoms with Crippen molar-refractivity contribution in [1.82, 2.24) is 34.5 Å². The van der Waals surface area contributed by atoms with Crippen molar-refractivity contribution in [3.05, 3.63) is 49.2 Å². The van der Waals surface area contributed by atoms with Gasteiger partial charge in [0.15, 0.2) is 5.82 Å². The molecule has 1 fully saturated rings. The second-order valence-corrected chi connectivity index (χ2v) is 9.88. The molecule has 10 nitrogen and oxygen atoms in total. The molecule has 5 rings (SSSR count). The molecule has 0 atom stereocenters. The fraction of sp³-hybridized carbons (Fsp3) is 0.400. The number of pyridine rings is 1. The Hall–Kier alpha value is -4.14. The molecule has 1 aliphatic rings. The van der Waals surface area contributed by atoms with Crippen LogP contribution in [0.1, 0.15) is 32.6 Å². The highest BCUT2D eigenvalue weighted by Crippen LogP contribution is 2.34. The van der Waals surface area contributed by atoms with Crippen LogP contribution in [0, 0.1) is 0 Å². The van der Waals surface area contributed by atoms with Crippen LogP contribution in [0.25, 0.3) is 22.8 Å². The molecule has 0 aromatic carbocycles. The SMILES string of the molecule is CC1(O)CCC(Nc2ccnc(-c3nn(C(F)(F)F)cc3Nc3ccnc(-c4cnn(CC(F)F)c4)n3)c2)CC1. The van der Waals surface area contributed by atoms with Gasteiger partial charge in [0.05, 0.1) is 34.9 Å². The summed E-state index contributed by atoms with van der Waals surface area (Å²) in [5.74, 6) is 0.296. The van der Waals surface area contributed by atoms with Gasteiger partial charge in [-0.05, 0) is 50.8 Å². The average molecular weight is 564 g/mol. The third kappa shape index (κ3) is 6.52. The van der Waals surface area contributed by atoms with Gasteiger partial charge >= 0.3 is 6.30 Å². The minimum absolute atomic E-state index is 0.00580. The van der Waals surface area contributed by atoms with Gasteiger partial charge in [-0.15, -0.1) is 13.2 Å². The molecular weight excluding hydrogens is 537 g/mol. The van der Waals surface area contributed by atoms with Crippen molar-refractivity contribution >= 4 is 17.2 Å². The van der Waals surface area contributed by atoms with Crippen LogP contribution in [-0.2, 0) is 12.8 Å². The first kappa shape index (κ1) is 27.4. The number of nitrogens with zero attached hydrogens (tertiary/aromatic N) is 7. The van der Waals surface area contributed by atoms with Crippen LogP contribution < -0.4 is 10.6 Å². The minimum Gasteiger partial charge on any atom is -0.390 e. The summed E-state index contributed by atoms with van der Waals surface area (Å²) in [6.45, 7) is 1.21. The fourth-order valence-corrected chi connectivity index (χ4v) is 4.48. The molecule has 1 aliphatic carbocycles. The molecule has 0 bridgehead atoms. The highest BCUT2D eigenvalue weighted by molar-refractivity contribution is 5.76. The Kier molecular flexibility index (Phi) is 7.40. The molecule has 1 saturated carbocycles. The topological polar surface area (TPSA) is 119 Å². The zero-order chi connectivity index (χ0) is 28.5. The minimum atomic E-state index is -4.78. The maximum Gasteiger partial charge on any atom is 0.504 e. The normalized spacial score (nSPS) is 19.6. The molecule has 4 aromatic rings. The summed E-state index contributed by atoms with van der Waals surface area (Å²) < 4.78 is 67.1. The smallest absolute Gasteiger partial charge is 0.390 e. The molecule has 3 N–H and O–H groups in total. The Labute approximate surface area is 225 Å². The molecule has 0 unspecified atom stereocenters. The lowest BCUT2D eigenvalue weighted by atomic mass is 9.83. The highest BCUT2D eigenvalue weighted by atomic mass is 19.4. The van der Waals surface area contributed by atoms with Gasteiger partial charge in [0.25, 0.3) is 6.43 Å². The number of anilines is 3. The average Bonchev–Trinajstić information content (AvgIpc) is 3.53. The van der Waals surface area contributed by atoms with E-state index in [4.69, 9.17) is 0 Å². The molecule has 212 valence electrons. The van der Waals surface area contributed by atoms with Crippen molar-refractivity contribution in [2.24, 2.45) is 0 Å². The second kappa shape index (κ2) is 10.8. The predicted molar refractivity (Wildman–Crippen MR) is 136 cm³/mol. The van der Waals surface area contributed by atoms with E-state index >= 15 is 0 Å². The first-order chi connectivity index (χ1) is 18.9. The Balaban J connectivity index is 1.41. The number of rotatable bonds is 8. The molecule has 0 amide bonds. The van der Waals surface area contributed by atoms with E-state index in [1.54, 1.807) is 19.1 Å². The third-order valence-corrected chi connectivity index (χ3v) is 6.54. The first-order valence-electron chi connectivity index (χ1n) is 12.5. The zero-order valence-corrected chi connectivity index (χ0v) is 21.3. The summed E-state index contributed by atoms with van der Waals surface area (Å²) in [5, 5.41) is 24.0. The van der Waals surface area contributed by atoms with Crippen molar-refractivity contribution in [3.8, 4) is 22.8 Å². The summed E-state index contributed by atoms with van der Waals surface area (Å²) in [6, 6.07) is 4.88. The standard InChI is InChI=1S/C25H26F5N9O/c1-24(40)6-2-16(3-7-24)34-17-4-8-31-18(10-17)22-19(13-39(37-22)25(28,29)30)35-21-5-9-32-23(36-21)15-11-33-38(12-15)14-20(26)27/h4-5,8-13,16,20,40H,2-3,6-7,14H2,1H3,(H,31,34)(H,32,35,36). The van der Waals surface area contributed by atoms with Crippen LogP contribution in [0.2, 0.25) is 0 Å². The van der Waals surface area contributed by atoms with Crippen molar-refractivity contribution in [3.63, 3.8) is 0 Å². The van der Waals surface area contributed by atoms with Crippen molar-refractivity contribution in [1.29, 1.82) is 0 Å². The van der Waals surface area contributed by atoms with Crippen LogP contribution in [0.15, 0.2) is 49.2 Å². The molecule has 0 aliphatic heterocycles. The number of hydrogen-bond acceptors (Lipinski definition) is 8. The van der Waals surface area contributed by atoms with Crippen molar-refractivity contribution in [2.75, 3.05) is 10.6 Å². The molecule has 15 heteroatoms. The third-order valence-electron chi connectivity index (χ3n) is 6.54. The zero-order valence-electron chi connectivity index (χ0n) is 21.3. The lowest BCUT2D eigenvalue weighted by molar-refractivity contribution is -0.212. The van der Waals surface area contributed by atoms with Crippen LogP contribution in [-0.4, -0.2) is 57.7 Å². The molecule has 4 heterocycles. The van der Waals surface area contributed by atoms with Crippen LogP contribution in [0.5, 0.6) is 0 Å².